The summed E-state index contributed by atoms with van der Waals surface area (Å²) in [6, 6.07) is 22.8. The van der Waals surface area contributed by atoms with Gasteiger partial charge in [-0.25, -0.2) is 4.98 Å². The summed E-state index contributed by atoms with van der Waals surface area (Å²) >= 11 is 0. The number of nitrogens with zero attached hydrogens (tertiary/aromatic N) is 3. The molecule has 3 aromatic heterocycles. The molecule has 40 heavy (non-hydrogen) atoms. The van der Waals surface area contributed by atoms with Gasteiger partial charge >= 0.3 is 5.97 Å². The number of aromatic nitrogens is 3. The third-order valence-electron chi connectivity index (χ3n) is 8.53. The van der Waals surface area contributed by atoms with E-state index < -0.39 is 0 Å². The van der Waals surface area contributed by atoms with E-state index in [2.05, 4.69) is 73.2 Å². The third kappa shape index (κ3) is 6.24. The molecule has 0 aliphatic heterocycles. The van der Waals surface area contributed by atoms with E-state index >= 15 is 0 Å². The van der Waals surface area contributed by atoms with Gasteiger partial charge in [-0.15, -0.1) is 0 Å². The van der Waals surface area contributed by atoms with Crippen molar-refractivity contribution in [2.45, 2.75) is 91.6 Å². The summed E-state index contributed by atoms with van der Waals surface area (Å²) in [4.78, 5) is 19.3. The molecule has 5 heteroatoms. The molecule has 0 N–H and O–H groups in total. The highest BCUT2D eigenvalue weighted by Gasteiger charge is 2.32. The molecule has 1 fully saturated rings. The Labute approximate surface area is 239 Å². The van der Waals surface area contributed by atoms with Crippen LogP contribution in [-0.4, -0.2) is 20.1 Å². The normalized spacial score (nSPS) is 15.7. The maximum Gasteiger partial charge on any atom is 0.314 e. The van der Waals surface area contributed by atoms with Crippen LogP contribution in [0, 0.1) is 33.6 Å². The topological polar surface area (TPSA) is 49.0 Å². The summed E-state index contributed by atoms with van der Waals surface area (Å²) in [5.74, 6) is 1.48. The number of benzene rings is 1. The Hall–Kier alpha value is -3.60. The highest BCUT2D eigenvalue weighted by molar-refractivity contribution is 5.79. The molecule has 1 aliphatic rings. The monoisotopic (exact) mass is 537 g/mol. The SMILES string of the molecule is Cc1ccc(C)n1-c1cc(C(C(=O)OCc2ccccc2)C2CCCCCCCC2)cc(-n2c(C)ccc2C)n1. The summed E-state index contributed by atoms with van der Waals surface area (Å²) in [6.07, 6.45) is 9.45. The van der Waals surface area contributed by atoms with Crippen LogP contribution < -0.4 is 0 Å². The highest BCUT2D eigenvalue weighted by Crippen LogP contribution is 2.37. The van der Waals surface area contributed by atoms with Crippen LogP contribution in [0.1, 0.15) is 91.2 Å². The van der Waals surface area contributed by atoms with E-state index in [1.165, 1.54) is 25.7 Å². The number of hydrogen-bond acceptors (Lipinski definition) is 3. The van der Waals surface area contributed by atoms with Gasteiger partial charge in [-0.1, -0.05) is 68.9 Å². The average Bonchev–Trinajstić information content (AvgIpc) is 3.51. The molecule has 1 atom stereocenters. The minimum atomic E-state index is -0.338. The Balaban J connectivity index is 1.62. The van der Waals surface area contributed by atoms with Crippen molar-refractivity contribution >= 4 is 5.97 Å². The fraction of sp³-hybridized carbons (Fsp3) is 0.429. The summed E-state index contributed by atoms with van der Waals surface area (Å²) in [5.41, 5.74) is 6.51. The van der Waals surface area contributed by atoms with Crippen molar-refractivity contribution in [3.8, 4) is 11.6 Å². The van der Waals surface area contributed by atoms with Crippen molar-refractivity contribution in [2.75, 3.05) is 0 Å². The number of aryl methyl sites for hydroxylation is 4. The smallest absolute Gasteiger partial charge is 0.314 e. The first-order valence-corrected chi connectivity index (χ1v) is 15.0. The number of pyridine rings is 1. The molecule has 1 saturated carbocycles. The van der Waals surface area contributed by atoms with Crippen LogP contribution in [-0.2, 0) is 16.1 Å². The number of hydrogen-bond donors (Lipinski definition) is 0. The van der Waals surface area contributed by atoms with Crippen molar-refractivity contribution in [3.05, 3.63) is 101 Å². The predicted octanol–water partition coefficient (Wildman–Crippen LogP) is 8.47. The zero-order chi connectivity index (χ0) is 28.1. The molecule has 5 nitrogen and oxygen atoms in total. The Bertz CT molecular complexity index is 1320. The molecule has 5 rings (SSSR count). The van der Waals surface area contributed by atoms with E-state index in [-0.39, 0.29) is 17.8 Å². The van der Waals surface area contributed by atoms with Gasteiger partial charge in [0.15, 0.2) is 0 Å². The molecule has 3 heterocycles. The molecule has 0 amide bonds. The molecular formula is C35H43N3O2. The Kier molecular flexibility index (Phi) is 8.88. The Morgan fingerprint density at radius 1 is 0.750 bits per heavy atom. The molecule has 1 unspecified atom stereocenters. The second kappa shape index (κ2) is 12.7. The van der Waals surface area contributed by atoms with Crippen molar-refractivity contribution < 1.29 is 9.53 Å². The van der Waals surface area contributed by atoms with Crippen LogP contribution in [0.5, 0.6) is 0 Å². The van der Waals surface area contributed by atoms with Gasteiger partial charge in [-0.3, -0.25) is 4.79 Å². The second-order valence-electron chi connectivity index (χ2n) is 11.5. The fourth-order valence-corrected chi connectivity index (χ4v) is 6.41. The maximum atomic E-state index is 14.1. The van der Waals surface area contributed by atoms with Crippen LogP contribution in [0.2, 0.25) is 0 Å². The van der Waals surface area contributed by atoms with Crippen LogP contribution in [0.25, 0.3) is 11.6 Å². The molecule has 4 aromatic rings. The lowest BCUT2D eigenvalue weighted by Crippen LogP contribution is -2.25. The molecule has 0 saturated heterocycles. The first-order valence-electron chi connectivity index (χ1n) is 15.0. The second-order valence-corrected chi connectivity index (χ2v) is 11.5. The van der Waals surface area contributed by atoms with Crippen molar-refractivity contribution in [2.24, 2.45) is 5.92 Å². The molecule has 0 radical (unpaired) electrons. The van der Waals surface area contributed by atoms with Crippen LogP contribution in [0.4, 0.5) is 0 Å². The summed E-state index contributed by atoms with van der Waals surface area (Å²) in [7, 11) is 0. The van der Waals surface area contributed by atoms with Crippen LogP contribution >= 0.6 is 0 Å². The molecule has 1 aliphatic carbocycles. The zero-order valence-corrected chi connectivity index (χ0v) is 24.5. The first-order chi connectivity index (χ1) is 19.4. The number of esters is 1. The first kappa shape index (κ1) is 27.9. The standard InChI is InChI=1S/C35H43N3O2/c1-25-18-19-26(2)37(25)32-22-31(23-33(36-32)38-27(3)20-21-28(38)4)34(30-16-12-7-5-6-8-13-17-30)35(39)40-24-29-14-10-9-11-15-29/h9-11,14-15,18-23,30,34H,5-8,12-13,16-17,24H2,1-4H3. The summed E-state index contributed by atoms with van der Waals surface area (Å²) in [6.45, 7) is 8.72. The number of carbonyl (C=O) groups excluding carboxylic acids is 1. The highest BCUT2D eigenvalue weighted by atomic mass is 16.5. The van der Waals surface area contributed by atoms with Crippen LogP contribution in [0.3, 0.4) is 0 Å². The van der Waals surface area contributed by atoms with Gasteiger partial charge in [-0.05, 0) is 94.0 Å². The van der Waals surface area contributed by atoms with Gasteiger partial charge in [0.1, 0.15) is 18.2 Å². The van der Waals surface area contributed by atoms with Crippen LogP contribution in [0.15, 0.2) is 66.7 Å². The zero-order valence-electron chi connectivity index (χ0n) is 24.5. The summed E-state index contributed by atoms with van der Waals surface area (Å²) < 4.78 is 10.5. The fourth-order valence-electron chi connectivity index (χ4n) is 6.41. The molecule has 1 aromatic carbocycles. The molecular weight excluding hydrogens is 494 g/mol. The molecule has 0 bridgehead atoms. The average molecular weight is 538 g/mol. The maximum absolute atomic E-state index is 14.1. The minimum absolute atomic E-state index is 0.127. The van der Waals surface area contributed by atoms with Gasteiger partial charge in [-0.2, -0.15) is 0 Å². The predicted molar refractivity (Wildman–Crippen MR) is 161 cm³/mol. The molecule has 0 spiro atoms. The Morgan fingerprint density at radius 3 is 1.73 bits per heavy atom. The van der Waals surface area contributed by atoms with Gasteiger partial charge in [0.2, 0.25) is 0 Å². The Morgan fingerprint density at radius 2 is 1.23 bits per heavy atom. The minimum Gasteiger partial charge on any atom is -0.460 e. The van der Waals surface area contributed by atoms with E-state index in [4.69, 9.17) is 9.72 Å². The van der Waals surface area contributed by atoms with E-state index in [1.54, 1.807) is 0 Å². The van der Waals surface area contributed by atoms with Crippen molar-refractivity contribution in [1.29, 1.82) is 0 Å². The van der Waals surface area contributed by atoms with E-state index in [0.29, 0.717) is 6.61 Å². The lowest BCUT2D eigenvalue weighted by atomic mass is 9.80. The summed E-state index contributed by atoms with van der Waals surface area (Å²) in [5, 5.41) is 0. The van der Waals surface area contributed by atoms with Gasteiger partial charge in [0.25, 0.3) is 0 Å². The third-order valence-corrected chi connectivity index (χ3v) is 8.53. The number of rotatable bonds is 7. The van der Waals surface area contributed by atoms with E-state index in [0.717, 1.165) is 71.2 Å². The van der Waals surface area contributed by atoms with Crippen molar-refractivity contribution in [1.82, 2.24) is 14.1 Å². The molecule has 210 valence electrons. The van der Waals surface area contributed by atoms with E-state index in [9.17, 15) is 4.79 Å². The number of carbonyl (C=O) groups is 1. The lowest BCUT2D eigenvalue weighted by Gasteiger charge is -2.27. The largest absolute Gasteiger partial charge is 0.460 e. The van der Waals surface area contributed by atoms with Gasteiger partial charge in [0.05, 0.1) is 5.92 Å². The quantitative estimate of drug-likeness (QED) is 0.222. The van der Waals surface area contributed by atoms with Gasteiger partial charge < -0.3 is 13.9 Å². The number of ether oxygens (including phenoxy) is 1. The van der Waals surface area contributed by atoms with Gasteiger partial charge in [0, 0.05) is 22.8 Å². The van der Waals surface area contributed by atoms with E-state index in [1.807, 2.05) is 30.3 Å². The lowest BCUT2D eigenvalue weighted by molar-refractivity contribution is -0.148. The van der Waals surface area contributed by atoms with Crippen molar-refractivity contribution in [3.63, 3.8) is 0 Å².